The van der Waals surface area contributed by atoms with Crippen LogP contribution in [0.1, 0.15) is 59.7 Å². The summed E-state index contributed by atoms with van der Waals surface area (Å²) in [5.41, 5.74) is 9.57. The summed E-state index contributed by atoms with van der Waals surface area (Å²) in [5, 5.41) is 7.26. The number of benzene rings is 2. The van der Waals surface area contributed by atoms with Gasteiger partial charge in [0.15, 0.2) is 5.11 Å². The number of carbonyl (C=O) groups excluding carboxylic acids is 1. The number of aromatic nitrogens is 2. The fraction of sp³-hybridized carbons (Fsp3) is 0.281. The van der Waals surface area contributed by atoms with Gasteiger partial charge in [-0.3, -0.25) is 9.78 Å². The lowest BCUT2D eigenvalue weighted by atomic mass is 9.96. The summed E-state index contributed by atoms with van der Waals surface area (Å²) in [6.07, 6.45) is 1.83. The van der Waals surface area contributed by atoms with E-state index < -0.39 is 0 Å². The van der Waals surface area contributed by atoms with Gasteiger partial charge in [0.05, 0.1) is 17.8 Å². The van der Waals surface area contributed by atoms with Crippen LogP contribution in [0.15, 0.2) is 72.9 Å². The van der Waals surface area contributed by atoms with Crippen molar-refractivity contribution < 1.29 is 4.79 Å². The molecule has 39 heavy (non-hydrogen) atoms. The third-order valence-corrected chi connectivity index (χ3v) is 7.73. The van der Waals surface area contributed by atoms with E-state index in [0.29, 0.717) is 5.11 Å². The van der Waals surface area contributed by atoms with Crippen LogP contribution in [-0.4, -0.2) is 20.6 Å². The average Bonchev–Trinajstić information content (AvgIpc) is 3.40. The van der Waals surface area contributed by atoms with Crippen molar-refractivity contribution in [1.29, 1.82) is 0 Å². The van der Waals surface area contributed by atoms with E-state index in [2.05, 4.69) is 77.3 Å². The molecule has 2 aromatic heterocycles. The molecule has 0 spiro atoms. The highest BCUT2D eigenvalue weighted by molar-refractivity contribution is 7.80. The van der Waals surface area contributed by atoms with Crippen molar-refractivity contribution in [3.05, 3.63) is 107 Å². The zero-order valence-electron chi connectivity index (χ0n) is 23.3. The van der Waals surface area contributed by atoms with Crippen LogP contribution in [0.4, 0.5) is 11.4 Å². The number of hydrogen-bond acceptors (Lipinski definition) is 3. The summed E-state index contributed by atoms with van der Waals surface area (Å²) in [6, 6.07) is 22.7. The maximum Gasteiger partial charge on any atom is 0.226 e. The lowest BCUT2D eigenvalue weighted by Crippen LogP contribution is -2.29. The van der Waals surface area contributed by atoms with Gasteiger partial charge in [-0.25, -0.2) is 0 Å². The molecule has 1 saturated heterocycles. The zero-order chi connectivity index (χ0) is 27.8. The Hall–Kier alpha value is -3.97. The molecule has 1 fully saturated rings. The molecule has 4 aromatic rings. The molecule has 2 atom stereocenters. The molecule has 0 bridgehead atoms. The molecule has 0 unspecified atom stereocenters. The van der Waals surface area contributed by atoms with Crippen LogP contribution < -0.4 is 15.5 Å². The highest BCUT2D eigenvalue weighted by Crippen LogP contribution is 2.44. The number of nitrogens with one attached hydrogen (secondary N) is 2. The second-order valence-electron chi connectivity index (χ2n) is 10.6. The fourth-order valence-electron chi connectivity index (χ4n) is 5.42. The van der Waals surface area contributed by atoms with E-state index >= 15 is 0 Å². The summed E-state index contributed by atoms with van der Waals surface area (Å²) < 4.78 is 2.31. The lowest BCUT2D eigenvalue weighted by Gasteiger charge is -2.29. The van der Waals surface area contributed by atoms with Gasteiger partial charge in [0.2, 0.25) is 5.91 Å². The first-order chi connectivity index (χ1) is 18.7. The van der Waals surface area contributed by atoms with Gasteiger partial charge in [-0.15, -0.1) is 0 Å². The molecule has 1 aliphatic rings. The van der Waals surface area contributed by atoms with E-state index in [4.69, 9.17) is 17.2 Å². The molecular formula is C32H35N5OS. The van der Waals surface area contributed by atoms with Crippen LogP contribution in [-0.2, 0) is 4.79 Å². The summed E-state index contributed by atoms with van der Waals surface area (Å²) in [7, 11) is 0. The minimum absolute atomic E-state index is 0.000825. The van der Waals surface area contributed by atoms with Gasteiger partial charge in [0.25, 0.3) is 0 Å². The van der Waals surface area contributed by atoms with Gasteiger partial charge >= 0.3 is 0 Å². The maximum absolute atomic E-state index is 12.3. The molecule has 2 aromatic carbocycles. The second-order valence-corrected chi connectivity index (χ2v) is 11.0. The van der Waals surface area contributed by atoms with E-state index in [1.54, 1.807) is 0 Å². The summed E-state index contributed by atoms with van der Waals surface area (Å²) in [6.45, 7) is 12.2. The SMILES string of the molecule is Cc1cccc(-n2c(C)cc([C@H]3[C@@H](c4ccccn4)NC(=S)N3c3ccc(NC(=O)C(C)C)c(C)c3)c2C)c1. The van der Waals surface area contributed by atoms with Gasteiger partial charge in [0.1, 0.15) is 0 Å². The zero-order valence-corrected chi connectivity index (χ0v) is 24.1. The molecule has 200 valence electrons. The topological polar surface area (TPSA) is 62.2 Å². The van der Waals surface area contributed by atoms with Gasteiger partial charge in [0, 0.05) is 40.6 Å². The van der Waals surface area contributed by atoms with Gasteiger partial charge in [-0.05, 0) is 105 Å². The number of hydrogen-bond donors (Lipinski definition) is 2. The largest absolute Gasteiger partial charge is 0.351 e. The third kappa shape index (κ3) is 5.06. The number of thiocarbonyl (C=S) groups is 1. The average molecular weight is 538 g/mol. The Morgan fingerprint density at radius 2 is 1.77 bits per heavy atom. The van der Waals surface area contributed by atoms with Crippen molar-refractivity contribution in [1.82, 2.24) is 14.9 Å². The van der Waals surface area contributed by atoms with Crippen molar-refractivity contribution in [2.45, 2.75) is 53.6 Å². The number of carbonyl (C=O) groups is 1. The maximum atomic E-state index is 12.3. The number of amides is 1. The van der Waals surface area contributed by atoms with Crippen LogP contribution >= 0.6 is 12.2 Å². The van der Waals surface area contributed by atoms with Crippen LogP contribution in [0, 0.1) is 33.6 Å². The quantitative estimate of drug-likeness (QED) is 0.263. The monoisotopic (exact) mass is 537 g/mol. The molecule has 5 rings (SSSR count). The summed E-state index contributed by atoms with van der Waals surface area (Å²) in [4.78, 5) is 19.2. The van der Waals surface area contributed by atoms with E-state index in [-0.39, 0.29) is 23.9 Å². The Labute approximate surface area is 236 Å². The highest BCUT2D eigenvalue weighted by atomic mass is 32.1. The Morgan fingerprint density at radius 3 is 2.44 bits per heavy atom. The molecule has 2 N–H and O–H groups in total. The Morgan fingerprint density at radius 1 is 0.974 bits per heavy atom. The first kappa shape index (κ1) is 26.6. The molecule has 1 aliphatic heterocycles. The van der Waals surface area contributed by atoms with E-state index in [1.165, 1.54) is 11.1 Å². The predicted molar refractivity (Wildman–Crippen MR) is 163 cm³/mol. The van der Waals surface area contributed by atoms with Gasteiger partial charge < -0.3 is 20.1 Å². The number of rotatable bonds is 6. The first-order valence-corrected chi connectivity index (χ1v) is 13.7. The van der Waals surface area contributed by atoms with Crippen molar-refractivity contribution in [3.63, 3.8) is 0 Å². The molecule has 0 radical (unpaired) electrons. The normalized spacial score (nSPS) is 17.0. The molecule has 0 aliphatic carbocycles. The molecule has 0 saturated carbocycles. The molecule has 3 heterocycles. The van der Waals surface area contributed by atoms with Crippen molar-refractivity contribution in [2.75, 3.05) is 10.2 Å². The van der Waals surface area contributed by atoms with E-state index in [0.717, 1.165) is 39.7 Å². The molecule has 7 heteroatoms. The van der Waals surface area contributed by atoms with Crippen molar-refractivity contribution in [3.8, 4) is 5.69 Å². The second kappa shape index (κ2) is 10.7. The van der Waals surface area contributed by atoms with Crippen LogP contribution in [0.5, 0.6) is 0 Å². The minimum atomic E-state index is -0.134. The molecule has 1 amide bonds. The first-order valence-electron chi connectivity index (χ1n) is 13.3. The molecular weight excluding hydrogens is 502 g/mol. The third-order valence-electron chi connectivity index (χ3n) is 7.42. The Bertz CT molecular complexity index is 1540. The van der Waals surface area contributed by atoms with E-state index in [1.807, 2.05) is 57.3 Å². The number of pyridine rings is 1. The van der Waals surface area contributed by atoms with Crippen molar-refractivity contribution in [2.24, 2.45) is 5.92 Å². The Balaban J connectivity index is 1.62. The lowest BCUT2D eigenvalue weighted by molar-refractivity contribution is -0.118. The number of nitrogens with zero attached hydrogens (tertiary/aromatic N) is 3. The summed E-state index contributed by atoms with van der Waals surface area (Å²) in [5.74, 6) is -0.0903. The standard InChI is InChI=1S/C32H35N5OS/c1-19(2)31(38)34-27-14-13-25(17-21(27)4)37-30(29(35-32(37)39)28-12-7-8-15-33-28)26-18-22(5)36(23(26)6)24-11-9-10-20(3)16-24/h7-19,29-30H,1-6H3,(H,34,38)(H,35,39)/t29-,30+/m1/s1. The van der Waals surface area contributed by atoms with E-state index in [9.17, 15) is 4.79 Å². The highest BCUT2D eigenvalue weighted by Gasteiger charge is 2.42. The van der Waals surface area contributed by atoms with Crippen LogP contribution in [0.3, 0.4) is 0 Å². The fourth-order valence-corrected chi connectivity index (χ4v) is 5.76. The number of aryl methyl sites for hydroxylation is 3. The number of anilines is 2. The minimum Gasteiger partial charge on any atom is -0.351 e. The van der Waals surface area contributed by atoms with Gasteiger partial charge in [-0.1, -0.05) is 32.0 Å². The van der Waals surface area contributed by atoms with Crippen molar-refractivity contribution >= 4 is 34.6 Å². The Kier molecular flexibility index (Phi) is 7.28. The van der Waals surface area contributed by atoms with Crippen LogP contribution in [0.2, 0.25) is 0 Å². The van der Waals surface area contributed by atoms with Gasteiger partial charge in [-0.2, -0.15) is 0 Å². The smallest absolute Gasteiger partial charge is 0.226 e. The molecule has 6 nitrogen and oxygen atoms in total. The van der Waals surface area contributed by atoms with Crippen LogP contribution in [0.25, 0.3) is 5.69 Å². The predicted octanol–water partition coefficient (Wildman–Crippen LogP) is 6.88. The summed E-state index contributed by atoms with van der Waals surface area (Å²) >= 11 is 5.96.